The Balaban J connectivity index is 1.69. The van der Waals surface area contributed by atoms with Crippen molar-refractivity contribution in [2.24, 2.45) is 0 Å². The Kier molecular flexibility index (Phi) is 8.67. The van der Waals surface area contributed by atoms with E-state index in [1.165, 1.54) is 23.8 Å². The average molecular weight is 589 g/mol. The van der Waals surface area contributed by atoms with Crippen molar-refractivity contribution in [1.29, 1.82) is 0 Å². The second-order valence-corrected chi connectivity index (χ2v) is 11.3. The monoisotopic (exact) mass is 588 g/mol. The highest BCUT2D eigenvalue weighted by molar-refractivity contribution is 6.30. The lowest BCUT2D eigenvalue weighted by molar-refractivity contribution is -0.157. The highest BCUT2D eigenvalue weighted by Gasteiger charge is 2.45. The van der Waals surface area contributed by atoms with Crippen molar-refractivity contribution >= 4 is 46.3 Å². The molecule has 12 heteroatoms. The number of alkyl halides is 1. The zero-order valence-electron chi connectivity index (χ0n) is 23.1. The van der Waals surface area contributed by atoms with Gasteiger partial charge in [-0.15, -0.1) is 0 Å². The molecule has 0 spiro atoms. The number of halogens is 3. The average Bonchev–Trinajstić information content (AvgIpc) is 3.46. The van der Waals surface area contributed by atoms with Crippen LogP contribution in [0.4, 0.5) is 13.7 Å². The first-order chi connectivity index (χ1) is 19.2. The van der Waals surface area contributed by atoms with Crippen LogP contribution in [0, 0.1) is 0 Å². The van der Waals surface area contributed by atoms with Crippen molar-refractivity contribution in [2.45, 2.75) is 64.5 Å². The van der Waals surface area contributed by atoms with Gasteiger partial charge in [0.25, 0.3) is 11.8 Å². The Morgan fingerprint density at radius 1 is 1.15 bits per heavy atom. The summed E-state index contributed by atoms with van der Waals surface area (Å²) in [5.74, 6) is -2.30. The van der Waals surface area contributed by atoms with Gasteiger partial charge in [-0.2, -0.15) is 5.12 Å². The van der Waals surface area contributed by atoms with Gasteiger partial charge in [0.2, 0.25) is 5.91 Å². The fraction of sp³-hybridized carbons (Fsp3) is 0.379. The first kappa shape index (κ1) is 30.0. The predicted octanol–water partition coefficient (Wildman–Crippen LogP) is 5.37. The van der Waals surface area contributed by atoms with Crippen molar-refractivity contribution in [2.75, 3.05) is 6.54 Å². The highest BCUT2D eigenvalue weighted by Crippen LogP contribution is 2.32. The SMILES string of the molecule is CC(=O)n1cc(C(NC(=O)OC(C)(C)C)C(=O)N2C[C@H](F)C[C@H]2C(=O)N(F)Cc2cccc(Cl)c2)c2ccccc21. The van der Waals surface area contributed by atoms with E-state index >= 15 is 4.48 Å². The molecule has 3 amide bonds. The molecule has 1 unspecified atom stereocenters. The summed E-state index contributed by atoms with van der Waals surface area (Å²) in [6.07, 6.45) is -1.56. The topological polar surface area (TPSA) is 101 Å². The number of nitrogens with one attached hydrogen (secondary N) is 1. The number of para-hydroxylation sites is 1. The summed E-state index contributed by atoms with van der Waals surface area (Å²) >= 11 is 5.96. The molecule has 1 aliphatic rings. The molecule has 3 atom stereocenters. The maximum atomic E-state index is 15.1. The molecule has 0 aliphatic carbocycles. The van der Waals surface area contributed by atoms with Crippen molar-refractivity contribution in [3.05, 3.63) is 70.9 Å². The molecule has 218 valence electrons. The summed E-state index contributed by atoms with van der Waals surface area (Å²) in [6.45, 7) is 5.32. The molecule has 1 fully saturated rings. The van der Waals surface area contributed by atoms with Gasteiger partial charge in [0, 0.05) is 35.5 Å². The number of nitrogens with zero attached hydrogens (tertiary/aromatic N) is 3. The molecule has 1 N–H and O–H groups in total. The minimum absolute atomic E-state index is 0.0768. The second-order valence-electron chi connectivity index (χ2n) is 10.9. The van der Waals surface area contributed by atoms with Gasteiger partial charge in [-0.05, 0) is 44.5 Å². The number of likely N-dealkylation sites (tertiary alicyclic amines) is 1. The lowest BCUT2D eigenvalue weighted by atomic mass is 10.0. The number of rotatable bonds is 6. The number of ether oxygens (including phenoxy) is 1. The molecule has 4 rings (SSSR count). The highest BCUT2D eigenvalue weighted by atomic mass is 35.5. The minimum Gasteiger partial charge on any atom is -0.444 e. The Hall–Kier alpha value is -3.99. The molecule has 1 saturated heterocycles. The zero-order valence-corrected chi connectivity index (χ0v) is 23.8. The first-order valence-electron chi connectivity index (χ1n) is 13.0. The van der Waals surface area contributed by atoms with Crippen molar-refractivity contribution in [3.8, 4) is 0 Å². The number of carbonyl (C=O) groups excluding carboxylic acids is 4. The van der Waals surface area contributed by atoms with Crippen LogP contribution in [0.15, 0.2) is 54.7 Å². The van der Waals surface area contributed by atoms with E-state index in [-0.39, 0.29) is 16.6 Å². The Morgan fingerprint density at radius 3 is 2.51 bits per heavy atom. The summed E-state index contributed by atoms with van der Waals surface area (Å²) in [4.78, 5) is 53.4. The normalized spacial score (nSPS) is 17.8. The number of benzene rings is 2. The van der Waals surface area contributed by atoms with Gasteiger partial charge in [-0.3, -0.25) is 19.0 Å². The molecule has 41 heavy (non-hydrogen) atoms. The van der Waals surface area contributed by atoms with E-state index in [0.717, 1.165) is 4.90 Å². The van der Waals surface area contributed by atoms with Crippen molar-refractivity contribution in [3.63, 3.8) is 0 Å². The Morgan fingerprint density at radius 2 is 1.85 bits per heavy atom. The van der Waals surface area contributed by atoms with Gasteiger partial charge in [-0.1, -0.05) is 46.4 Å². The molecule has 0 radical (unpaired) electrons. The van der Waals surface area contributed by atoms with E-state index in [0.29, 0.717) is 21.5 Å². The summed E-state index contributed by atoms with van der Waals surface area (Å²) in [6, 6.07) is 10.1. The third kappa shape index (κ3) is 6.84. The van der Waals surface area contributed by atoms with Crippen LogP contribution in [0.5, 0.6) is 0 Å². The predicted molar refractivity (Wildman–Crippen MR) is 148 cm³/mol. The standard InChI is InChI=1S/C29H31ClF2N4O5/c1-17(37)34-16-22(21-10-5-6-11-23(21)34)25(33-28(40)41-29(2,3)4)27(39)35-15-20(31)13-24(35)26(38)36(32)14-18-8-7-9-19(30)12-18/h5-12,16,20,24-25H,13-15H2,1-4H3,(H,33,40)/t20-,24+,25?/m1/s1. The van der Waals surface area contributed by atoms with Crippen LogP contribution < -0.4 is 5.32 Å². The summed E-state index contributed by atoms with van der Waals surface area (Å²) in [7, 11) is 0. The first-order valence-corrected chi connectivity index (χ1v) is 13.4. The van der Waals surface area contributed by atoms with E-state index in [1.54, 1.807) is 63.2 Å². The summed E-state index contributed by atoms with van der Waals surface area (Å²) < 4.78 is 36.5. The number of alkyl carbamates (subject to hydrolysis) is 1. The maximum absolute atomic E-state index is 15.1. The van der Waals surface area contributed by atoms with Crippen molar-refractivity contribution in [1.82, 2.24) is 19.9 Å². The Bertz CT molecular complexity index is 1490. The molecule has 2 heterocycles. The van der Waals surface area contributed by atoms with Crippen molar-refractivity contribution < 1.29 is 32.8 Å². The molecular weight excluding hydrogens is 558 g/mol. The molecule has 9 nitrogen and oxygen atoms in total. The fourth-order valence-corrected chi connectivity index (χ4v) is 5.07. The van der Waals surface area contributed by atoms with Gasteiger partial charge in [0.1, 0.15) is 23.9 Å². The van der Waals surface area contributed by atoms with Gasteiger partial charge in [0.05, 0.1) is 18.6 Å². The van der Waals surface area contributed by atoms with Crippen LogP contribution >= 0.6 is 11.6 Å². The maximum Gasteiger partial charge on any atom is 0.408 e. The van der Waals surface area contributed by atoms with E-state index in [1.807, 2.05) is 0 Å². The fourth-order valence-electron chi connectivity index (χ4n) is 4.86. The van der Waals surface area contributed by atoms with E-state index < -0.39 is 61.3 Å². The van der Waals surface area contributed by atoms with Crippen LogP contribution in [-0.4, -0.2) is 62.8 Å². The quantitative estimate of drug-likeness (QED) is 0.390. The van der Waals surface area contributed by atoms with Crippen LogP contribution in [-0.2, 0) is 20.9 Å². The lowest BCUT2D eigenvalue weighted by Crippen LogP contribution is -2.50. The molecular formula is C29H31ClF2N4O5. The molecule has 3 aromatic rings. The van der Waals surface area contributed by atoms with Gasteiger partial charge >= 0.3 is 6.09 Å². The Labute approximate surface area is 240 Å². The van der Waals surface area contributed by atoms with Crippen LogP contribution in [0.1, 0.15) is 56.1 Å². The number of aromatic nitrogens is 1. The number of hydrogen-bond acceptors (Lipinski definition) is 5. The third-order valence-corrected chi connectivity index (χ3v) is 6.80. The third-order valence-electron chi connectivity index (χ3n) is 6.57. The molecule has 2 aromatic carbocycles. The van der Waals surface area contributed by atoms with Gasteiger partial charge < -0.3 is 15.0 Å². The smallest absolute Gasteiger partial charge is 0.408 e. The lowest BCUT2D eigenvalue weighted by Gasteiger charge is -2.30. The van der Waals surface area contributed by atoms with Gasteiger partial charge in [0.15, 0.2) is 0 Å². The second kappa shape index (κ2) is 11.9. The minimum atomic E-state index is -1.60. The zero-order chi connectivity index (χ0) is 30.1. The van der Waals surface area contributed by atoms with Crippen LogP contribution in [0.3, 0.4) is 0 Å². The number of fused-ring (bicyclic) bond motifs is 1. The molecule has 0 saturated carbocycles. The number of carbonyl (C=O) groups is 4. The molecule has 1 aliphatic heterocycles. The van der Waals surface area contributed by atoms with E-state index in [2.05, 4.69) is 5.32 Å². The summed E-state index contributed by atoms with van der Waals surface area (Å²) in [5.41, 5.74) is 0.211. The number of hydrogen-bond donors (Lipinski definition) is 1. The molecule has 0 bridgehead atoms. The largest absolute Gasteiger partial charge is 0.444 e. The summed E-state index contributed by atoms with van der Waals surface area (Å²) in [5, 5.41) is 3.28. The van der Waals surface area contributed by atoms with Crippen LogP contribution in [0.25, 0.3) is 10.9 Å². The van der Waals surface area contributed by atoms with Crippen LogP contribution in [0.2, 0.25) is 5.02 Å². The van der Waals surface area contributed by atoms with Gasteiger partial charge in [-0.25, -0.2) is 9.18 Å². The van der Waals surface area contributed by atoms with E-state index in [4.69, 9.17) is 16.3 Å². The molecule has 1 aromatic heterocycles. The van der Waals surface area contributed by atoms with E-state index in [9.17, 15) is 23.6 Å². The number of amides is 3.